The maximum Gasteiger partial charge on any atom is 0.328 e. The number of rotatable bonds is 11. The molecule has 0 spiro atoms. The Morgan fingerprint density at radius 3 is 2.27 bits per heavy atom. The lowest BCUT2D eigenvalue weighted by molar-refractivity contribution is -0.165. The van der Waals surface area contributed by atoms with Crippen LogP contribution in [0.4, 0.5) is 0 Å². The summed E-state index contributed by atoms with van der Waals surface area (Å²) in [6.07, 6.45) is 11.0. The van der Waals surface area contributed by atoms with Gasteiger partial charge in [0.05, 0.1) is 0 Å². The lowest BCUT2D eigenvalue weighted by Crippen LogP contribution is -2.54. The van der Waals surface area contributed by atoms with Gasteiger partial charge in [-0.05, 0) is 124 Å². The maximum atomic E-state index is 12.8. The number of hydrogen-bond acceptors (Lipinski definition) is 6. The molecule has 0 unspecified atom stereocenters. The van der Waals surface area contributed by atoms with Crippen molar-refractivity contribution < 1.29 is 34.1 Å². The van der Waals surface area contributed by atoms with Crippen LogP contribution >= 0.6 is 0 Å². The molecule has 9 nitrogen and oxygen atoms in total. The SMILES string of the molecule is C[C@H](NC(=O)CC[C@H](N)C(=O)O)C(=O)O[C@@H]1CC[C@@]2(C)[C@H](CC[C@@H]3[C@@H]2CC[C@]2(C)[C@@H]([C@H](C)CCC(=O)O)CC[C@@H]32)C1. The Morgan fingerprint density at radius 2 is 1.59 bits per heavy atom. The van der Waals surface area contributed by atoms with Gasteiger partial charge in [-0.1, -0.05) is 20.8 Å². The van der Waals surface area contributed by atoms with Gasteiger partial charge in [-0.3, -0.25) is 14.4 Å². The Hall–Kier alpha value is -2.16. The molecule has 4 fully saturated rings. The Balaban J connectivity index is 1.31. The van der Waals surface area contributed by atoms with Crippen LogP contribution in [0.3, 0.4) is 0 Å². The third kappa shape index (κ3) is 6.60. The van der Waals surface area contributed by atoms with Crippen molar-refractivity contribution in [2.75, 3.05) is 0 Å². The lowest BCUT2D eigenvalue weighted by Gasteiger charge is -2.61. The van der Waals surface area contributed by atoms with E-state index in [0.717, 1.165) is 43.9 Å². The van der Waals surface area contributed by atoms with Crippen molar-refractivity contribution in [3.05, 3.63) is 0 Å². The third-order valence-electron chi connectivity index (χ3n) is 12.2. The first kappa shape index (κ1) is 31.8. The Bertz CT molecular complexity index is 1000. The van der Waals surface area contributed by atoms with Crippen LogP contribution in [-0.2, 0) is 23.9 Å². The van der Waals surface area contributed by atoms with Crippen molar-refractivity contribution in [1.82, 2.24) is 5.32 Å². The van der Waals surface area contributed by atoms with E-state index in [1.54, 1.807) is 6.92 Å². The second-order valence-corrected chi connectivity index (χ2v) is 14.4. The standard InChI is InChI=1S/C32H52N2O7/c1-18(5-12-28(36)37)23-8-9-24-22-7-6-20-17-21(13-15-31(20,3)25(22)14-16-32(23,24)4)41-30(40)19(2)34-27(35)11-10-26(33)29(38)39/h18-26H,5-17,33H2,1-4H3,(H,34,35)(H,36,37)(H,38,39)/t18-,19+,20-,21-,22+,23-,24+,25+,26+,31+,32-/m1/s1. The van der Waals surface area contributed by atoms with Crippen LogP contribution in [-0.4, -0.2) is 52.2 Å². The van der Waals surface area contributed by atoms with Crippen molar-refractivity contribution >= 4 is 23.8 Å². The van der Waals surface area contributed by atoms with E-state index in [9.17, 15) is 24.3 Å². The molecule has 232 valence electrons. The van der Waals surface area contributed by atoms with Crippen LogP contribution in [0.25, 0.3) is 0 Å². The topological polar surface area (TPSA) is 156 Å². The van der Waals surface area contributed by atoms with Crippen molar-refractivity contribution in [3.8, 4) is 0 Å². The van der Waals surface area contributed by atoms with Gasteiger partial charge >= 0.3 is 17.9 Å². The van der Waals surface area contributed by atoms with E-state index in [2.05, 4.69) is 26.1 Å². The molecule has 4 rings (SSSR count). The van der Waals surface area contributed by atoms with E-state index < -0.39 is 35.9 Å². The number of hydrogen-bond donors (Lipinski definition) is 4. The summed E-state index contributed by atoms with van der Waals surface area (Å²) in [5.74, 6) is 1.05. The summed E-state index contributed by atoms with van der Waals surface area (Å²) in [5.41, 5.74) is 6.03. The molecule has 0 saturated heterocycles. The summed E-state index contributed by atoms with van der Waals surface area (Å²) in [6, 6.07) is -1.90. The number of amides is 1. The number of aliphatic carboxylic acids is 2. The molecular formula is C32H52N2O7. The predicted octanol–water partition coefficient (Wildman–Crippen LogP) is 4.75. The minimum absolute atomic E-state index is 0.0123. The number of fused-ring (bicyclic) bond motifs is 5. The summed E-state index contributed by atoms with van der Waals surface area (Å²) in [4.78, 5) is 47.0. The van der Waals surface area contributed by atoms with Gasteiger partial charge in [0.2, 0.25) is 5.91 Å². The van der Waals surface area contributed by atoms with Crippen molar-refractivity contribution in [1.29, 1.82) is 0 Å². The molecule has 11 atom stereocenters. The number of nitrogens with one attached hydrogen (secondary N) is 1. The first-order chi connectivity index (χ1) is 19.3. The quantitative estimate of drug-likeness (QED) is 0.257. The van der Waals surface area contributed by atoms with E-state index in [0.29, 0.717) is 29.1 Å². The Morgan fingerprint density at radius 1 is 0.902 bits per heavy atom. The fourth-order valence-electron chi connectivity index (χ4n) is 9.90. The average molecular weight is 577 g/mol. The molecule has 0 aromatic rings. The molecule has 4 saturated carbocycles. The summed E-state index contributed by atoms with van der Waals surface area (Å²) in [6.45, 7) is 8.87. The van der Waals surface area contributed by atoms with Gasteiger partial charge in [0, 0.05) is 12.8 Å². The molecule has 0 aromatic carbocycles. The van der Waals surface area contributed by atoms with Crippen molar-refractivity contribution in [2.45, 2.75) is 129 Å². The van der Waals surface area contributed by atoms with Crippen LogP contribution in [0, 0.1) is 46.3 Å². The monoisotopic (exact) mass is 576 g/mol. The van der Waals surface area contributed by atoms with Crippen molar-refractivity contribution in [2.24, 2.45) is 52.1 Å². The summed E-state index contributed by atoms with van der Waals surface area (Å²) in [5, 5.41) is 20.7. The number of ether oxygens (including phenoxy) is 1. The molecule has 9 heteroatoms. The highest BCUT2D eigenvalue weighted by atomic mass is 16.5. The second kappa shape index (κ2) is 12.6. The molecule has 0 bridgehead atoms. The molecule has 4 aliphatic carbocycles. The van der Waals surface area contributed by atoms with Gasteiger partial charge < -0.3 is 26.0 Å². The van der Waals surface area contributed by atoms with Crippen LogP contribution in [0.2, 0.25) is 0 Å². The Labute approximate surface area is 244 Å². The zero-order valence-corrected chi connectivity index (χ0v) is 25.4. The highest BCUT2D eigenvalue weighted by molar-refractivity contribution is 5.84. The molecule has 41 heavy (non-hydrogen) atoms. The van der Waals surface area contributed by atoms with Gasteiger partial charge in [0.15, 0.2) is 0 Å². The van der Waals surface area contributed by atoms with Gasteiger partial charge in [0.1, 0.15) is 18.2 Å². The van der Waals surface area contributed by atoms with Crippen molar-refractivity contribution in [3.63, 3.8) is 0 Å². The molecule has 0 aromatic heterocycles. The number of carboxylic acid groups (broad SMARTS) is 2. The lowest BCUT2D eigenvalue weighted by atomic mass is 9.44. The molecular weight excluding hydrogens is 524 g/mol. The minimum Gasteiger partial charge on any atom is -0.481 e. The molecule has 4 aliphatic rings. The highest BCUT2D eigenvalue weighted by Gasteiger charge is 2.60. The van der Waals surface area contributed by atoms with Crippen LogP contribution in [0.5, 0.6) is 0 Å². The number of carboxylic acids is 2. The van der Waals surface area contributed by atoms with Crippen LogP contribution in [0.1, 0.15) is 111 Å². The average Bonchev–Trinajstić information content (AvgIpc) is 3.27. The van der Waals surface area contributed by atoms with E-state index in [1.165, 1.54) is 32.1 Å². The summed E-state index contributed by atoms with van der Waals surface area (Å²) >= 11 is 0. The summed E-state index contributed by atoms with van der Waals surface area (Å²) in [7, 11) is 0. The second-order valence-electron chi connectivity index (χ2n) is 14.4. The third-order valence-corrected chi connectivity index (χ3v) is 12.2. The zero-order valence-electron chi connectivity index (χ0n) is 25.4. The largest absolute Gasteiger partial charge is 0.481 e. The van der Waals surface area contributed by atoms with E-state index in [4.69, 9.17) is 15.6 Å². The van der Waals surface area contributed by atoms with Gasteiger partial charge in [-0.2, -0.15) is 0 Å². The smallest absolute Gasteiger partial charge is 0.328 e. The van der Waals surface area contributed by atoms with Gasteiger partial charge in [-0.15, -0.1) is 0 Å². The number of carbonyl (C=O) groups is 4. The van der Waals surface area contributed by atoms with E-state index in [-0.39, 0.29) is 30.8 Å². The van der Waals surface area contributed by atoms with Gasteiger partial charge in [0.25, 0.3) is 0 Å². The normalized spacial score (nSPS) is 38.4. The number of esters is 1. The molecule has 0 heterocycles. The first-order valence-corrected chi connectivity index (χ1v) is 16.0. The number of carbonyl (C=O) groups excluding carboxylic acids is 2. The zero-order chi connectivity index (χ0) is 30.1. The molecule has 5 N–H and O–H groups in total. The Kier molecular flexibility index (Phi) is 9.76. The summed E-state index contributed by atoms with van der Waals surface area (Å²) < 4.78 is 5.90. The van der Waals surface area contributed by atoms with E-state index >= 15 is 0 Å². The van der Waals surface area contributed by atoms with Gasteiger partial charge in [-0.25, -0.2) is 4.79 Å². The molecule has 0 aliphatic heterocycles. The van der Waals surface area contributed by atoms with Crippen LogP contribution < -0.4 is 11.1 Å². The molecule has 0 radical (unpaired) electrons. The van der Waals surface area contributed by atoms with E-state index in [1.807, 2.05) is 0 Å². The molecule has 1 amide bonds. The first-order valence-electron chi connectivity index (χ1n) is 16.0. The van der Waals surface area contributed by atoms with Crippen LogP contribution in [0.15, 0.2) is 0 Å². The fraction of sp³-hybridized carbons (Fsp3) is 0.875. The fourth-order valence-corrected chi connectivity index (χ4v) is 9.90. The predicted molar refractivity (Wildman–Crippen MR) is 154 cm³/mol. The maximum absolute atomic E-state index is 12.8. The highest BCUT2D eigenvalue weighted by Crippen LogP contribution is 2.68. The minimum atomic E-state index is -1.15. The number of nitrogens with two attached hydrogens (primary N) is 1.